The fraction of sp³-hybridized carbons (Fsp3) is 0.0588. The average Bonchev–Trinajstić information content (AvgIpc) is 2.99. The van der Waals surface area contributed by atoms with E-state index >= 15 is 0 Å². The zero-order chi connectivity index (χ0) is 16.4. The van der Waals surface area contributed by atoms with Crippen molar-refractivity contribution in [2.24, 2.45) is 0 Å². The summed E-state index contributed by atoms with van der Waals surface area (Å²) in [4.78, 5) is 15.0. The van der Waals surface area contributed by atoms with Gasteiger partial charge in [-0.15, -0.1) is 0 Å². The van der Waals surface area contributed by atoms with Crippen molar-refractivity contribution < 1.29 is 23.1 Å². The van der Waals surface area contributed by atoms with Gasteiger partial charge in [-0.1, -0.05) is 12.1 Å². The smallest absolute Gasteiger partial charge is 0.307 e. The Bertz CT molecular complexity index is 874. The summed E-state index contributed by atoms with van der Waals surface area (Å²) in [7, 11) is 0. The molecular weight excluding hydrogens is 304 g/mol. The van der Waals surface area contributed by atoms with Gasteiger partial charge in [0, 0.05) is 11.1 Å². The van der Waals surface area contributed by atoms with Crippen LogP contribution in [0.25, 0.3) is 22.7 Å². The Balaban J connectivity index is 1.92. The minimum absolute atomic E-state index is 0.107. The molecule has 0 spiro atoms. The van der Waals surface area contributed by atoms with E-state index in [1.807, 2.05) is 0 Å². The Morgan fingerprint density at radius 1 is 1.09 bits per heavy atom. The Morgan fingerprint density at radius 2 is 1.91 bits per heavy atom. The van der Waals surface area contributed by atoms with Crippen LogP contribution in [-0.2, 0) is 11.2 Å². The Labute approximate surface area is 130 Å². The molecule has 0 saturated carbocycles. The lowest BCUT2D eigenvalue weighted by molar-refractivity contribution is -0.136. The van der Waals surface area contributed by atoms with Gasteiger partial charge in [0.25, 0.3) is 0 Å². The van der Waals surface area contributed by atoms with Crippen molar-refractivity contribution in [1.29, 1.82) is 0 Å². The third-order valence-corrected chi connectivity index (χ3v) is 3.25. The lowest BCUT2D eigenvalue weighted by Gasteiger charge is -2.00. The van der Waals surface area contributed by atoms with Gasteiger partial charge in [-0.2, -0.15) is 0 Å². The van der Waals surface area contributed by atoms with Crippen molar-refractivity contribution in [1.82, 2.24) is 4.98 Å². The van der Waals surface area contributed by atoms with Crippen molar-refractivity contribution >= 4 is 5.97 Å². The monoisotopic (exact) mass is 315 g/mol. The molecule has 23 heavy (non-hydrogen) atoms. The van der Waals surface area contributed by atoms with Gasteiger partial charge in [0.2, 0.25) is 5.89 Å². The Kier molecular flexibility index (Phi) is 3.89. The first-order valence-corrected chi connectivity index (χ1v) is 6.75. The Morgan fingerprint density at radius 3 is 2.65 bits per heavy atom. The van der Waals surface area contributed by atoms with E-state index in [-0.39, 0.29) is 12.3 Å². The van der Waals surface area contributed by atoms with Crippen LogP contribution in [0, 0.1) is 11.6 Å². The summed E-state index contributed by atoms with van der Waals surface area (Å²) < 4.78 is 31.6. The zero-order valence-corrected chi connectivity index (χ0v) is 11.8. The second-order valence-electron chi connectivity index (χ2n) is 4.94. The van der Waals surface area contributed by atoms with Gasteiger partial charge in [-0.05, 0) is 35.9 Å². The topological polar surface area (TPSA) is 63.3 Å². The fourth-order valence-electron chi connectivity index (χ4n) is 2.18. The van der Waals surface area contributed by atoms with Crippen molar-refractivity contribution in [2.45, 2.75) is 6.42 Å². The average molecular weight is 315 g/mol. The number of oxazole rings is 1. The molecule has 1 heterocycles. The van der Waals surface area contributed by atoms with Crippen LogP contribution in [0.5, 0.6) is 0 Å². The highest BCUT2D eigenvalue weighted by molar-refractivity contribution is 5.71. The van der Waals surface area contributed by atoms with Crippen molar-refractivity contribution in [3.8, 4) is 22.7 Å². The maximum Gasteiger partial charge on any atom is 0.307 e. The van der Waals surface area contributed by atoms with Crippen LogP contribution in [0.3, 0.4) is 0 Å². The number of nitrogens with zero attached hydrogens (tertiary/aromatic N) is 1. The summed E-state index contributed by atoms with van der Waals surface area (Å²) in [6, 6.07) is 10.2. The summed E-state index contributed by atoms with van der Waals surface area (Å²) >= 11 is 0. The molecular formula is C17H11F2NO3. The zero-order valence-electron chi connectivity index (χ0n) is 11.8. The number of carboxylic acids is 1. The molecule has 0 aliphatic carbocycles. The van der Waals surface area contributed by atoms with Gasteiger partial charge in [-0.25, -0.2) is 13.8 Å². The molecule has 1 aromatic heterocycles. The fourth-order valence-corrected chi connectivity index (χ4v) is 2.18. The molecule has 0 radical (unpaired) electrons. The molecule has 0 amide bonds. The van der Waals surface area contributed by atoms with Crippen LogP contribution in [-0.4, -0.2) is 16.1 Å². The van der Waals surface area contributed by atoms with Crippen molar-refractivity contribution in [3.05, 3.63) is 65.9 Å². The molecule has 0 saturated heterocycles. The predicted molar refractivity (Wildman–Crippen MR) is 78.6 cm³/mol. The summed E-state index contributed by atoms with van der Waals surface area (Å²) in [5.74, 6) is -2.55. The number of carbonyl (C=O) groups is 1. The van der Waals surface area contributed by atoms with Crippen LogP contribution in [0.15, 0.2) is 53.1 Å². The van der Waals surface area contributed by atoms with E-state index in [2.05, 4.69) is 4.98 Å². The SMILES string of the molecule is O=C(O)Cc1cccc(-c2nc(-c3ccc(F)c(F)c3)co2)c1. The summed E-state index contributed by atoms with van der Waals surface area (Å²) in [5.41, 5.74) is 1.98. The van der Waals surface area contributed by atoms with Crippen LogP contribution < -0.4 is 0 Å². The van der Waals surface area contributed by atoms with E-state index in [4.69, 9.17) is 9.52 Å². The second-order valence-corrected chi connectivity index (χ2v) is 4.94. The number of carboxylic acid groups (broad SMARTS) is 1. The number of aromatic nitrogens is 1. The number of aliphatic carboxylic acids is 1. The number of benzene rings is 2. The van der Waals surface area contributed by atoms with Gasteiger partial charge in [0.05, 0.1) is 6.42 Å². The molecule has 3 rings (SSSR count). The number of hydrogen-bond donors (Lipinski definition) is 1. The van der Waals surface area contributed by atoms with Gasteiger partial charge >= 0.3 is 5.97 Å². The van der Waals surface area contributed by atoms with Crippen LogP contribution in [0.4, 0.5) is 8.78 Å². The van der Waals surface area contributed by atoms with Crippen molar-refractivity contribution in [2.75, 3.05) is 0 Å². The molecule has 2 aromatic carbocycles. The highest BCUT2D eigenvalue weighted by Crippen LogP contribution is 2.26. The van der Waals surface area contributed by atoms with E-state index in [1.54, 1.807) is 24.3 Å². The predicted octanol–water partition coefficient (Wildman–Crippen LogP) is 3.91. The summed E-state index contributed by atoms with van der Waals surface area (Å²) in [6.45, 7) is 0. The quantitative estimate of drug-likeness (QED) is 0.793. The minimum atomic E-state index is -0.962. The minimum Gasteiger partial charge on any atom is -0.481 e. The normalized spacial score (nSPS) is 10.7. The number of rotatable bonds is 4. The van der Waals surface area contributed by atoms with E-state index < -0.39 is 17.6 Å². The van der Waals surface area contributed by atoms with Crippen molar-refractivity contribution in [3.63, 3.8) is 0 Å². The van der Waals surface area contributed by atoms with Crippen LogP contribution in [0.1, 0.15) is 5.56 Å². The molecule has 0 unspecified atom stereocenters. The lowest BCUT2D eigenvalue weighted by Crippen LogP contribution is -1.99. The van der Waals surface area contributed by atoms with Gasteiger partial charge in [-0.3, -0.25) is 4.79 Å². The standard InChI is InChI=1S/C17H11F2NO3/c18-13-5-4-11(8-14(13)19)15-9-23-17(20-15)12-3-1-2-10(6-12)7-16(21)22/h1-6,8-9H,7H2,(H,21,22). The summed E-state index contributed by atoms with van der Waals surface area (Å²) in [6.07, 6.45) is 1.23. The third-order valence-electron chi connectivity index (χ3n) is 3.25. The second kappa shape index (κ2) is 6.00. The first-order chi connectivity index (χ1) is 11.0. The van der Waals surface area contributed by atoms with Gasteiger partial charge in [0.1, 0.15) is 12.0 Å². The molecule has 0 atom stereocenters. The largest absolute Gasteiger partial charge is 0.481 e. The highest BCUT2D eigenvalue weighted by Gasteiger charge is 2.11. The molecule has 0 fully saturated rings. The molecule has 0 bridgehead atoms. The van der Waals surface area contributed by atoms with E-state index in [1.165, 1.54) is 12.3 Å². The van der Waals surface area contributed by atoms with Gasteiger partial charge < -0.3 is 9.52 Å². The molecule has 0 aliphatic rings. The maximum atomic E-state index is 13.3. The maximum absolute atomic E-state index is 13.3. The first kappa shape index (κ1) is 14.9. The molecule has 6 heteroatoms. The number of hydrogen-bond acceptors (Lipinski definition) is 3. The Hall–Kier alpha value is -3.02. The molecule has 116 valence electrons. The summed E-state index contributed by atoms with van der Waals surface area (Å²) in [5, 5.41) is 8.82. The first-order valence-electron chi connectivity index (χ1n) is 6.75. The van der Waals surface area contributed by atoms with Crippen LogP contribution >= 0.6 is 0 Å². The molecule has 0 aliphatic heterocycles. The van der Waals surface area contributed by atoms with Crippen LogP contribution in [0.2, 0.25) is 0 Å². The van der Waals surface area contributed by atoms with E-state index in [9.17, 15) is 13.6 Å². The number of halogens is 2. The molecule has 4 nitrogen and oxygen atoms in total. The highest BCUT2D eigenvalue weighted by atomic mass is 19.2. The van der Waals surface area contributed by atoms with E-state index in [0.717, 1.165) is 12.1 Å². The lowest BCUT2D eigenvalue weighted by atomic mass is 10.1. The molecule has 1 N–H and O–H groups in total. The third kappa shape index (κ3) is 3.26. The molecule has 3 aromatic rings. The van der Waals surface area contributed by atoms with E-state index in [0.29, 0.717) is 22.4 Å². The van der Waals surface area contributed by atoms with Gasteiger partial charge in [0.15, 0.2) is 11.6 Å².